The molecule has 102 valence electrons. The van der Waals surface area contributed by atoms with E-state index in [1.165, 1.54) is 43.1 Å². The van der Waals surface area contributed by atoms with Crippen LogP contribution in [0.2, 0.25) is 0 Å². The molecule has 0 saturated heterocycles. The first-order valence-electron chi connectivity index (χ1n) is 7.48. The summed E-state index contributed by atoms with van der Waals surface area (Å²) in [5.41, 5.74) is 8.47. The van der Waals surface area contributed by atoms with Crippen LogP contribution in [0.4, 0.5) is 0 Å². The lowest BCUT2D eigenvalue weighted by Gasteiger charge is -2.12. The Labute approximate surface area is 115 Å². The molecule has 19 heavy (non-hydrogen) atoms. The molecule has 3 rings (SSSR count). The molecule has 1 fully saturated rings. The van der Waals surface area contributed by atoms with E-state index in [2.05, 4.69) is 31.2 Å². The highest BCUT2D eigenvalue weighted by molar-refractivity contribution is 5.80. The minimum absolute atomic E-state index is 0.0485. The molecule has 0 aliphatic heterocycles. The quantitative estimate of drug-likeness (QED) is 0.861. The van der Waals surface area contributed by atoms with E-state index in [-0.39, 0.29) is 6.04 Å². The molecule has 1 unspecified atom stereocenters. The van der Waals surface area contributed by atoms with Crippen molar-refractivity contribution in [2.24, 2.45) is 11.7 Å². The van der Waals surface area contributed by atoms with E-state index in [4.69, 9.17) is 10.2 Å². The second-order valence-electron chi connectivity index (χ2n) is 5.98. The Morgan fingerprint density at radius 3 is 2.84 bits per heavy atom. The van der Waals surface area contributed by atoms with Crippen molar-refractivity contribution < 1.29 is 4.42 Å². The minimum Gasteiger partial charge on any atom is -0.459 e. The number of benzene rings is 1. The van der Waals surface area contributed by atoms with Crippen molar-refractivity contribution in [2.75, 3.05) is 0 Å². The van der Waals surface area contributed by atoms with Crippen LogP contribution in [-0.2, 0) is 0 Å². The number of para-hydroxylation sites is 1. The van der Waals surface area contributed by atoms with Gasteiger partial charge in [0.15, 0.2) is 0 Å². The smallest absolute Gasteiger partial charge is 0.137 e. The molecule has 2 nitrogen and oxygen atoms in total. The zero-order chi connectivity index (χ0) is 13.2. The molecule has 1 atom stereocenters. The number of aryl methyl sites for hydroxylation is 1. The SMILES string of the molecule is Cc1cccc2cc(C(N)CCC3CCCC3)oc12. The molecule has 1 aliphatic rings. The van der Waals surface area contributed by atoms with Gasteiger partial charge in [0.2, 0.25) is 0 Å². The summed E-state index contributed by atoms with van der Waals surface area (Å²) in [6, 6.07) is 8.41. The second kappa shape index (κ2) is 5.38. The van der Waals surface area contributed by atoms with Gasteiger partial charge in [0.25, 0.3) is 0 Å². The van der Waals surface area contributed by atoms with Crippen molar-refractivity contribution in [1.82, 2.24) is 0 Å². The second-order valence-corrected chi connectivity index (χ2v) is 5.98. The van der Waals surface area contributed by atoms with Crippen molar-refractivity contribution in [3.8, 4) is 0 Å². The van der Waals surface area contributed by atoms with E-state index in [1.54, 1.807) is 0 Å². The van der Waals surface area contributed by atoms with E-state index in [0.29, 0.717) is 0 Å². The Morgan fingerprint density at radius 1 is 1.32 bits per heavy atom. The first-order valence-corrected chi connectivity index (χ1v) is 7.48. The third-order valence-electron chi connectivity index (χ3n) is 4.49. The van der Waals surface area contributed by atoms with Crippen LogP contribution < -0.4 is 5.73 Å². The van der Waals surface area contributed by atoms with Gasteiger partial charge in [-0.3, -0.25) is 0 Å². The van der Waals surface area contributed by atoms with E-state index in [9.17, 15) is 0 Å². The Hall–Kier alpha value is -1.28. The highest BCUT2D eigenvalue weighted by Gasteiger charge is 2.18. The van der Waals surface area contributed by atoms with Crippen LogP contribution in [0.25, 0.3) is 11.0 Å². The molecule has 2 N–H and O–H groups in total. The van der Waals surface area contributed by atoms with Crippen LogP contribution in [0.15, 0.2) is 28.7 Å². The molecular formula is C17H23NO. The summed E-state index contributed by atoms with van der Waals surface area (Å²) in [6.07, 6.45) is 7.89. The molecule has 0 amide bonds. The lowest BCUT2D eigenvalue weighted by Crippen LogP contribution is -2.10. The average molecular weight is 257 g/mol. The van der Waals surface area contributed by atoms with E-state index < -0.39 is 0 Å². The van der Waals surface area contributed by atoms with Gasteiger partial charge in [-0.15, -0.1) is 0 Å². The molecule has 0 radical (unpaired) electrons. The Kier molecular flexibility index (Phi) is 3.61. The van der Waals surface area contributed by atoms with Crippen molar-refractivity contribution in [2.45, 2.75) is 51.5 Å². The van der Waals surface area contributed by atoms with Gasteiger partial charge in [-0.05, 0) is 37.3 Å². The summed E-state index contributed by atoms with van der Waals surface area (Å²) in [5.74, 6) is 1.85. The lowest BCUT2D eigenvalue weighted by molar-refractivity contribution is 0.415. The van der Waals surface area contributed by atoms with Gasteiger partial charge in [0, 0.05) is 5.39 Å². The highest BCUT2D eigenvalue weighted by atomic mass is 16.3. The number of rotatable bonds is 4. The Balaban J connectivity index is 1.70. The molecule has 1 saturated carbocycles. The summed E-state index contributed by atoms with van der Waals surface area (Å²) in [4.78, 5) is 0. The molecule has 1 aromatic heterocycles. The zero-order valence-electron chi connectivity index (χ0n) is 11.7. The molecule has 2 heteroatoms. The molecule has 1 aliphatic carbocycles. The molecule has 1 aromatic carbocycles. The Morgan fingerprint density at radius 2 is 2.11 bits per heavy atom. The third kappa shape index (κ3) is 2.69. The molecule has 1 heterocycles. The molecular weight excluding hydrogens is 234 g/mol. The molecule has 2 aromatic rings. The van der Waals surface area contributed by atoms with Crippen LogP contribution in [0.3, 0.4) is 0 Å². The monoisotopic (exact) mass is 257 g/mol. The highest BCUT2D eigenvalue weighted by Crippen LogP contribution is 2.32. The van der Waals surface area contributed by atoms with Gasteiger partial charge in [0.05, 0.1) is 6.04 Å². The maximum atomic E-state index is 6.29. The number of nitrogens with two attached hydrogens (primary N) is 1. The van der Waals surface area contributed by atoms with Gasteiger partial charge in [-0.1, -0.05) is 43.9 Å². The van der Waals surface area contributed by atoms with Crippen LogP contribution in [0, 0.1) is 12.8 Å². The minimum atomic E-state index is 0.0485. The average Bonchev–Trinajstić information content (AvgIpc) is 3.05. The van der Waals surface area contributed by atoms with Crippen molar-refractivity contribution in [3.63, 3.8) is 0 Å². The Bertz CT molecular complexity index is 551. The topological polar surface area (TPSA) is 39.2 Å². The van der Waals surface area contributed by atoms with E-state index in [1.807, 2.05) is 0 Å². The van der Waals surface area contributed by atoms with Gasteiger partial charge in [0.1, 0.15) is 11.3 Å². The first kappa shape index (κ1) is 12.7. The van der Waals surface area contributed by atoms with Crippen LogP contribution in [0.1, 0.15) is 55.9 Å². The largest absolute Gasteiger partial charge is 0.459 e. The summed E-state index contributed by atoms with van der Waals surface area (Å²) in [5, 5.41) is 1.17. The number of fused-ring (bicyclic) bond motifs is 1. The molecule has 0 spiro atoms. The fourth-order valence-corrected chi connectivity index (χ4v) is 3.27. The molecule has 0 bridgehead atoms. The summed E-state index contributed by atoms with van der Waals surface area (Å²) in [6.45, 7) is 2.08. The normalized spacial score (nSPS) is 18.2. The summed E-state index contributed by atoms with van der Waals surface area (Å²) >= 11 is 0. The number of furan rings is 1. The maximum absolute atomic E-state index is 6.29. The van der Waals surface area contributed by atoms with Gasteiger partial charge >= 0.3 is 0 Å². The zero-order valence-corrected chi connectivity index (χ0v) is 11.7. The maximum Gasteiger partial charge on any atom is 0.137 e. The lowest BCUT2D eigenvalue weighted by atomic mass is 9.98. The van der Waals surface area contributed by atoms with E-state index in [0.717, 1.165) is 23.7 Å². The van der Waals surface area contributed by atoms with Gasteiger partial charge in [-0.25, -0.2) is 0 Å². The number of hydrogen-bond donors (Lipinski definition) is 1. The third-order valence-corrected chi connectivity index (χ3v) is 4.49. The van der Waals surface area contributed by atoms with Crippen molar-refractivity contribution in [1.29, 1.82) is 0 Å². The van der Waals surface area contributed by atoms with Crippen molar-refractivity contribution in [3.05, 3.63) is 35.6 Å². The predicted octanol–water partition coefficient (Wildman–Crippen LogP) is 4.71. The van der Waals surface area contributed by atoms with Crippen LogP contribution in [-0.4, -0.2) is 0 Å². The van der Waals surface area contributed by atoms with Crippen molar-refractivity contribution >= 4 is 11.0 Å². The van der Waals surface area contributed by atoms with Gasteiger partial charge in [-0.2, -0.15) is 0 Å². The fourth-order valence-electron chi connectivity index (χ4n) is 3.27. The first-order chi connectivity index (χ1) is 9.24. The number of hydrogen-bond acceptors (Lipinski definition) is 2. The fraction of sp³-hybridized carbons (Fsp3) is 0.529. The predicted molar refractivity (Wildman–Crippen MR) is 79.1 cm³/mol. The summed E-state index contributed by atoms with van der Waals surface area (Å²) in [7, 11) is 0. The van der Waals surface area contributed by atoms with E-state index >= 15 is 0 Å². The summed E-state index contributed by atoms with van der Waals surface area (Å²) < 4.78 is 5.95. The van der Waals surface area contributed by atoms with Crippen LogP contribution >= 0.6 is 0 Å². The van der Waals surface area contributed by atoms with Crippen LogP contribution in [0.5, 0.6) is 0 Å². The van der Waals surface area contributed by atoms with Gasteiger partial charge < -0.3 is 10.2 Å². The standard InChI is InChI=1S/C17H23NO/c1-12-5-4-8-14-11-16(19-17(12)14)15(18)10-9-13-6-2-3-7-13/h4-5,8,11,13,15H,2-3,6-7,9-10,18H2,1H3.